The number of hydrogen-bond donors (Lipinski definition) is 2. The second kappa shape index (κ2) is 7.42. The number of aliphatic hydroxyl groups is 1. The van der Waals surface area contributed by atoms with E-state index in [2.05, 4.69) is 34.1 Å². The van der Waals surface area contributed by atoms with Crippen molar-refractivity contribution in [2.24, 2.45) is 0 Å². The van der Waals surface area contributed by atoms with Crippen LogP contribution >= 0.6 is 23.7 Å². The molecule has 6 heteroatoms. The van der Waals surface area contributed by atoms with Crippen LogP contribution in [0.1, 0.15) is 23.3 Å². The summed E-state index contributed by atoms with van der Waals surface area (Å²) in [6.07, 6.45) is 4.90. The number of aromatic nitrogens is 1. The summed E-state index contributed by atoms with van der Waals surface area (Å²) in [5.41, 5.74) is 6.84. The number of likely N-dealkylation sites (tertiary alicyclic amines) is 1. The number of halogens is 1. The summed E-state index contributed by atoms with van der Waals surface area (Å²) < 4.78 is 0. The molecule has 1 aliphatic rings. The summed E-state index contributed by atoms with van der Waals surface area (Å²) in [6.45, 7) is 2.03. The molecule has 2 aromatic rings. The fourth-order valence-corrected chi connectivity index (χ4v) is 3.94. The van der Waals surface area contributed by atoms with Gasteiger partial charge in [0.15, 0.2) is 5.13 Å². The van der Waals surface area contributed by atoms with Gasteiger partial charge in [-0.2, -0.15) is 0 Å². The molecule has 120 valence electrons. The lowest BCUT2D eigenvalue weighted by atomic mass is 9.89. The zero-order chi connectivity index (χ0) is 14.7. The minimum atomic E-state index is -0.153. The maximum absolute atomic E-state index is 10.1. The number of anilines is 1. The van der Waals surface area contributed by atoms with Crippen LogP contribution in [0.5, 0.6) is 0 Å². The SMILES string of the molecule is Cl.Nc1ncc(CN2CCCC2(CO)Cc2ccccc2)s1. The number of nitrogens with zero attached hydrogens (tertiary/aromatic N) is 2. The maximum atomic E-state index is 10.1. The van der Waals surface area contributed by atoms with Crippen molar-refractivity contribution in [2.75, 3.05) is 18.9 Å². The Labute approximate surface area is 141 Å². The third-order valence-corrected chi connectivity index (χ3v) is 5.14. The quantitative estimate of drug-likeness (QED) is 0.879. The Hall–Kier alpha value is -1.14. The molecule has 0 amide bonds. The van der Waals surface area contributed by atoms with E-state index < -0.39 is 0 Å². The van der Waals surface area contributed by atoms with E-state index in [0.717, 1.165) is 32.4 Å². The van der Waals surface area contributed by atoms with Crippen LogP contribution in [-0.2, 0) is 13.0 Å². The monoisotopic (exact) mass is 339 g/mol. The van der Waals surface area contributed by atoms with Crippen LogP contribution in [0.3, 0.4) is 0 Å². The van der Waals surface area contributed by atoms with E-state index in [9.17, 15) is 5.11 Å². The molecule has 0 radical (unpaired) electrons. The summed E-state index contributed by atoms with van der Waals surface area (Å²) in [7, 11) is 0. The second-order valence-electron chi connectivity index (χ2n) is 5.73. The van der Waals surface area contributed by atoms with Gasteiger partial charge in [0, 0.05) is 23.2 Å². The molecule has 1 aromatic heterocycles. The highest BCUT2D eigenvalue weighted by Crippen LogP contribution is 2.34. The van der Waals surface area contributed by atoms with Gasteiger partial charge in [-0.05, 0) is 31.4 Å². The highest BCUT2D eigenvalue weighted by atomic mass is 35.5. The lowest BCUT2D eigenvalue weighted by Gasteiger charge is -2.37. The lowest BCUT2D eigenvalue weighted by molar-refractivity contribution is 0.0589. The average Bonchev–Trinajstić information content (AvgIpc) is 3.08. The molecule has 0 spiro atoms. The molecule has 0 aliphatic carbocycles. The van der Waals surface area contributed by atoms with Gasteiger partial charge >= 0.3 is 0 Å². The molecule has 1 fully saturated rings. The zero-order valence-electron chi connectivity index (χ0n) is 12.4. The van der Waals surface area contributed by atoms with E-state index >= 15 is 0 Å². The number of rotatable bonds is 5. The van der Waals surface area contributed by atoms with E-state index in [1.165, 1.54) is 21.8 Å². The van der Waals surface area contributed by atoms with Crippen LogP contribution in [-0.4, -0.2) is 33.7 Å². The van der Waals surface area contributed by atoms with E-state index in [4.69, 9.17) is 5.73 Å². The van der Waals surface area contributed by atoms with Gasteiger partial charge in [-0.15, -0.1) is 23.7 Å². The van der Waals surface area contributed by atoms with Crippen molar-refractivity contribution in [2.45, 2.75) is 31.3 Å². The molecule has 3 N–H and O–H groups in total. The Morgan fingerprint density at radius 1 is 1.32 bits per heavy atom. The van der Waals surface area contributed by atoms with Gasteiger partial charge in [-0.25, -0.2) is 4.98 Å². The molecule has 1 saturated heterocycles. The minimum absolute atomic E-state index is 0. The van der Waals surface area contributed by atoms with E-state index in [1.807, 2.05) is 12.3 Å². The zero-order valence-corrected chi connectivity index (χ0v) is 14.1. The number of aliphatic hydroxyl groups excluding tert-OH is 1. The predicted octanol–water partition coefficient (Wildman–Crippen LogP) is 2.72. The molecule has 1 unspecified atom stereocenters. The topological polar surface area (TPSA) is 62.4 Å². The van der Waals surface area contributed by atoms with E-state index in [-0.39, 0.29) is 24.6 Å². The van der Waals surface area contributed by atoms with Crippen LogP contribution in [0.4, 0.5) is 5.13 Å². The first-order valence-electron chi connectivity index (χ1n) is 7.32. The van der Waals surface area contributed by atoms with E-state index in [1.54, 1.807) is 0 Å². The number of nitrogen functional groups attached to an aromatic ring is 1. The largest absolute Gasteiger partial charge is 0.394 e. The molecule has 0 bridgehead atoms. The highest BCUT2D eigenvalue weighted by Gasteiger charge is 2.40. The third-order valence-electron chi connectivity index (χ3n) is 4.33. The van der Waals surface area contributed by atoms with E-state index in [0.29, 0.717) is 5.13 Å². The van der Waals surface area contributed by atoms with Crippen molar-refractivity contribution in [1.29, 1.82) is 0 Å². The van der Waals surface area contributed by atoms with Crippen LogP contribution < -0.4 is 5.73 Å². The van der Waals surface area contributed by atoms with Gasteiger partial charge in [0.25, 0.3) is 0 Å². The molecule has 1 aromatic carbocycles. The standard InChI is InChI=1S/C16H21N3OS.ClH/c17-15-18-10-14(21-15)11-19-8-4-7-16(19,12-20)9-13-5-2-1-3-6-13;/h1-3,5-6,10,20H,4,7-9,11-12H2,(H2,17,18);1H. The van der Waals surface area contributed by atoms with Gasteiger partial charge in [0.1, 0.15) is 0 Å². The van der Waals surface area contributed by atoms with Crippen LogP contribution in [0.25, 0.3) is 0 Å². The molecule has 4 nitrogen and oxygen atoms in total. The molecule has 22 heavy (non-hydrogen) atoms. The third kappa shape index (κ3) is 3.60. The van der Waals surface area contributed by atoms with Crippen LogP contribution in [0, 0.1) is 0 Å². The Morgan fingerprint density at radius 2 is 2.09 bits per heavy atom. The first kappa shape index (κ1) is 17.2. The first-order chi connectivity index (χ1) is 10.2. The molecular weight excluding hydrogens is 318 g/mol. The molecule has 1 atom stereocenters. The Morgan fingerprint density at radius 3 is 2.73 bits per heavy atom. The van der Waals surface area contributed by atoms with Gasteiger partial charge < -0.3 is 10.8 Å². The molecule has 2 heterocycles. The predicted molar refractivity (Wildman–Crippen MR) is 93.4 cm³/mol. The molecule has 3 rings (SSSR count). The van der Waals surface area contributed by atoms with Crippen molar-refractivity contribution in [3.05, 3.63) is 47.0 Å². The fourth-order valence-electron chi connectivity index (χ4n) is 3.24. The van der Waals surface area contributed by atoms with Gasteiger partial charge in [0.05, 0.1) is 6.61 Å². The Bertz CT molecular complexity index is 592. The van der Waals surface area contributed by atoms with Crippen LogP contribution in [0.2, 0.25) is 0 Å². The van der Waals surface area contributed by atoms with Gasteiger partial charge in [-0.3, -0.25) is 4.90 Å². The Balaban J connectivity index is 0.00000176. The highest BCUT2D eigenvalue weighted by molar-refractivity contribution is 7.15. The fraction of sp³-hybridized carbons (Fsp3) is 0.438. The van der Waals surface area contributed by atoms with Crippen molar-refractivity contribution >= 4 is 28.9 Å². The average molecular weight is 340 g/mol. The first-order valence-corrected chi connectivity index (χ1v) is 8.13. The summed E-state index contributed by atoms with van der Waals surface area (Å²) >= 11 is 1.54. The summed E-state index contributed by atoms with van der Waals surface area (Å²) in [6, 6.07) is 10.4. The van der Waals surface area contributed by atoms with Crippen LogP contribution in [0.15, 0.2) is 36.5 Å². The van der Waals surface area contributed by atoms with Crippen molar-refractivity contribution in [3.63, 3.8) is 0 Å². The van der Waals surface area contributed by atoms with Crippen molar-refractivity contribution in [1.82, 2.24) is 9.88 Å². The number of benzene rings is 1. The minimum Gasteiger partial charge on any atom is -0.394 e. The molecule has 1 aliphatic heterocycles. The Kier molecular flexibility index (Phi) is 5.81. The second-order valence-corrected chi connectivity index (χ2v) is 6.88. The normalized spacial score (nSPS) is 21.7. The smallest absolute Gasteiger partial charge is 0.180 e. The molecular formula is C16H22ClN3OS. The van der Waals surface area contributed by atoms with Gasteiger partial charge in [0.2, 0.25) is 0 Å². The summed E-state index contributed by atoms with van der Waals surface area (Å²) in [4.78, 5) is 7.69. The van der Waals surface area contributed by atoms with Gasteiger partial charge in [-0.1, -0.05) is 30.3 Å². The number of hydrogen-bond acceptors (Lipinski definition) is 5. The van der Waals surface area contributed by atoms with Crippen molar-refractivity contribution in [3.8, 4) is 0 Å². The number of nitrogens with two attached hydrogens (primary N) is 1. The number of thiazole rings is 1. The molecule has 0 saturated carbocycles. The van der Waals surface area contributed by atoms with Crippen molar-refractivity contribution < 1.29 is 5.11 Å². The maximum Gasteiger partial charge on any atom is 0.180 e. The summed E-state index contributed by atoms with van der Waals surface area (Å²) in [5.74, 6) is 0. The lowest BCUT2D eigenvalue weighted by Crippen LogP contribution is -2.48. The summed E-state index contributed by atoms with van der Waals surface area (Å²) in [5, 5.41) is 10.7.